The number of aromatic hydroxyl groups is 1. The van der Waals surface area contributed by atoms with Crippen LogP contribution in [0.2, 0.25) is 5.02 Å². The molecule has 6 nitrogen and oxygen atoms in total. The molecular weight excluding hydrogens is 515 g/mol. The van der Waals surface area contributed by atoms with Gasteiger partial charge < -0.3 is 10.0 Å². The van der Waals surface area contributed by atoms with E-state index in [0.29, 0.717) is 21.2 Å². The molecule has 36 heavy (non-hydrogen) atoms. The zero-order chi connectivity index (χ0) is 25.9. The summed E-state index contributed by atoms with van der Waals surface area (Å²) in [4.78, 5) is 27.4. The van der Waals surface area contributed by atoms with Gasteiger partial charge in [0, 0.05) is 33.0 Å². The lowest BCUT2D eigenvalue weighted by Crippen LogP contribution is -2.60. The fourth-order valence-corrected chi connectivity index (χ4v) is 6.07. The fraction of sp³-hybridized carbons (Fsp3) is 0.280. The number of carbonyl (C=O) groups is 1. The highest BCUT2D eigenvalue weighted by molar-refractivity contribution is 7.98. The molecule has 2 aliphatic rings. The third-order valence-electron chi connectivity index (χ3n) is 6.63. The van der Waals surface area contributed by atoms with Crippen molar-refractivity contribution in [3.05, 3.63) is 91.9 Å². The lowest BCUT2D eigenvalue weighted by molar-refractivity contribution is -0.173. The summed E-state index contributed by atoms with van der Waals surface area (Å²) < 4.78 is 42.8. The zero-order valence-electron chi connectivity index (χ0n) is 19.2. The first-order valence-corrected chi connectivity index (χ1v) is 12.5. The molecule has 0 saturated carbocycles. The van der Waals surface area contributed by atoms with Crippen LogP contribution in [0.15, 0.2) is 58.4 Å². The summed E-state index contributed by atoms with van der Waals surface area (Å²) in [6, 6.07) is 10.1. The van der Waals surface area contributed by atoms with Crippen LogP contribution in [0, 0.1) is 6.92 Å². The van der Waals surface area contributed by atoms with Crippen LogP contribution in [0.5, 0.6) is 5.75 Å². The van der Waals surface area contributed by atoms with Gasteiger partial charge in [0.05, 0.1) is 0 Å². The van der Waals surface area contributed by atoms with Gasteiger partial charge in [-0.05, 0) is 37.1 Å². The van der Waals surface area contributed by atoms with Crippen LogP contribution in [-0.4, -0.2) is 39.5 Å². The molecule has 1 N–H and O–H groups in total. The van der Waals surface area contributed by atoms with Crippen LogP contribution in [-0.2, 0) is 5.75 Å². The number of benzene rings is 2. The standard InChI is InChI=1S/C25H21ClF3N3O3S/c1-13-10-31-21(23(34)22(13)33)24(35)30(14(2)25(27,28)29)12-32(31)20-16-7-3-4-9-18(16)36-11-15-6-5-8-17(26)19(15)20/h3-10,14,20,34H,11-12H2,1-2H3/t14-,20-/m1/s1. The van der Waals surface area contributed by atoms with E-state index in [1.807, 2.05) is 36.4 Å². The van der Waals surface area contributed by atoms with Crippen molar-refractivity contribution < 1.29 is 23.1 Å². The molecule has 1 aromatic heterocycles. The third-order valence-corrected chi connectivity index (χ3v) is 8.10. The first kappa shape index (κ1) is 24.6. The highest BCUT2D eigenvalue weighted by Crippen LogP contribution is 2.45. The van der Waals surface area contributed by atoms with E-state index in [4.69, 9.17) is 11.6 Å². The average molecular weight is 536 g/mol. The second kappa shape index (κ2) is 8.77. The largest absolute Gasteiger partial charge is 0.502 e. The first-order valence-electron chi connectivity index (χ1n) is 11.1. The maximum atomic E-state index is 13.8. The van der Waals surface area contributed by atoms with E-state index < -0.39 is 47.7 Å². The molecule has 0 saturated heterocycles. The van der Waals surface area contributed by atoms with E-state index in [9.17, 15) is 27.9 Å². The topological polar surface area (TPSA) is 65.8 Å². The summed E-state index contributed by atoms with van der Waals surface area (Å²) in [7, 11) is 0. The van der Waals surface area contributed by atoms with Crippen LogP contribution in [0.1, 0.15) is 45.7 Å². The van der Waals surface area contributed by atoms with Crippen molar-refractivity contribution >= 4 is 29.3 Å². The van der Waals surface area contributed by atoms with Crippen molar-refractivity contribution in [2.75, 3.05) is 11.7 Å². The number of aromatic nitrogens is 1. The molecule has 0 fully saturated rings. The van der Waals surface area contributed by atoms with Crippen molar-refractivity contribution in [2.45, 2.75) is 42.8 Å². The number of fused-ring (bicyclic) bond motifs is 3. The van der Waals surface area contributed by atoms with Crippen molar-refractivity contribution in [3.63, 3.8) is 0 Å². The van der Waals surface area contributed by atoms with Crippen LogP contribution >= 0.6 is 23.4 Å². The van der Waals surface area contributed by atoms with Gasteiger partial charge in [-0.2, -0.15) is 13.2 Å². The van der Waals surface area contributed by atoms with E-state index in [1.165, 1.54) is 17.8 Å². The highest BCUT2D eigenvalue weighted by atomic mass is 35.5. The molecule has 3 heterocycles. The minimum Gasteiger partial charge on any atom is -0.502 e. The van der Waals surface area contributed by atoms with Crippen molar-refractivity contribution in [1.29, 1.82) is 0 Å². The zero-order valence-corrected chi connectivity index (χ0v) is 20.8. The smallest absolute Gasteiger partial charge is 0.408 e. The third kappa shape index (κ3) is 3.83. The van der Waals surface area contributed by atoms with E-state index in [-0.39, 0.29) is 5.56 Å². The molecular formula is C25H21ClF3N3O3S. The Morgan fingerprint density at radius 1 is 1.14 bits per heavy atom. The molecule has 5 rings (SSSR count). The van der Waals surface area contributed by atoms with E-state index >= 15 is 0 Å². The Balaban J connectivity index is 1.82. The predicted octanol–water partition coefficient (Wildman–Crippen LogP) is 5.21. The van der Waals surface area contributed by atoms with Gasteiger partial charge in [-0.25, -0.2) is 0 Å². The number of thioether (sulfide) groups is 1. The minimum atomic E-state index is -4.73. The summed E-state index contributed by atoms with van der Waals surface area (Å²) >= 11 is 8.28. The van der Waals surface area contributed by atoms with Gasteiger partial charge in [0.25, 0.3) is 5.91 Å². The summed E-state index contributed by atoms with van der Waals surface area (Å²) in [6.45, 7) is 1.90. The Morgan fingerprint density at radius 2 is 1.86 bits per heavy atom. The number of halogens is 4. The number of hydrogen-bond donors (Lipinski definition) is 1. The summed E-state index contributed by atoms with van der Waals surface area (Å²) in [5, 5.41) is 12.7. The number of rotatable bonds is 2. The highest BCUT2D eigenvalue weighted by Gasteiger charge is 2.48. The molecule has 2 aromatic carbocycles. The molecule has 0 aliphatic carbocycles. The maximum Gasteiger partial charge on any atom is 0.408 e. The van der Waals surface area contributed by atoms with E-state index in [0.717, 1.165) is 22.9 Å². The van der Waals surface area contributed by atoms with Gasteiger partial charge in [0.1, 0.15) is 18.8 Å². The van der Waals surface area contributed by atoms with Crippen molar-refractivity contribution in [3.8, 4) is 5.75 Å². The Kier molecular flexibility index (Phi) is 5.99. The minimum absolute atomic E-state index is 0.141. The van der Waals surface area contributed by atoms with Crippen LogP contribution in [0.4, 0.5) is 13.2 Å². The van der Waals surface area contributed by atoms with Crippen molar-refractivity contribution in [1.82, 2.24) is 9.58 Å². The molecule has 0 spiro atoms. The monoisotopic (exact) mass is 535 g/mol. The number of hydrogen-bond acceptors (Lipinski definition) is 5. The van der Waals surface area contributed by atoms with Gasteiger partial charge in [-0.1, -0.05) is 41.9 Å². The lowest BCUT2D eigenvalue weighted by atomic mass is 9.94. The summed E-state index contributed by atoms with van der Waals surface area (Å²) in [5.74, 6) is -1.39. The Labute approximate surface area is 213 Å². The molecule has 1 amide bonds. The van der Waals surface area contributed by atoms with Gasteiger partial charge >= 0.3 is 6.18 Å². The number of nitrogens with zero attached hydrogens (tertiary/aromatic N) is 3. The Bertz CT molecular complexity index is 1440. The number of aryl methyl sites for hydroxylation is 1. The fourth-order valence-electron chi connectivity index (χ4n) is 4.69. The molecule has 2 aliphatic heterocycles. The molecule has 11 heteroatoms. The quantitative estimate of drug-likeness (QED) is 0.488. The number of amides is 1. The molecule has 0 bridgehead atoms. The maximum absolute atomic E-state index is 13.8. The number of alkyl halides is 3. The molecule has 2 atom stereocenters. The SMILES string of the molecule is Cc1cn2c(c(O)c1=O)C(=O)N([C@H](C)C(F)(F)F)CN2[C@@H]1c2ccccc2SCc2cccc(Cl)c21. The van der Waals surface area contributed by atoms with Crippen LogP contribution in [0.25, 0.3) is 0 Å². The average Bonchev–Trinajstić information content (AvgIpc) is 3.00. The number of pyridine rings is 1. The lowest BCUT2D eigenvalue weighted by Gasteiger charge is -2.46. The second-order valence-corrected chi connectivity index (χ2v) is 10.2. The van der Waals surface area contributed by atoms with E-state index in [1.54, 1.807) is 22.8 Å². The predicted molar refractivity (Wildman–Crippen MR) is 131 cm³/mol. The molecule has 0 radical (unpaired) electrons. The normalized spacial score (nSPS) is 18.3. The van der Waals surface area contributed by atoms with Gasteiger partial charge in [-0.3, -0.25) is 19.3 Å². The second-order valence-electron chi connectivity index (χ2n) is 8.80. The Hall–Kier alpha value is -3.11. The molecule has 0 unspecified atom stereocenters. The first-order chi connectivity index (χ1) is 17.0. The van der Waals surface area contributed by atoms with Crippen LogP contribution < -0.4 is 10.4 Å². The van der Waals surface area contributed by atoms with Gasteiger partial charge in [0.2, 0.25) is 5.43 Å². The van der Waals surface area contributed by atoms with E-state index in [2.05, 4.69) is 0 Å². The number of carbonyl (C=O) groups excluding carboxylic acids is 1. The van der Waals surface area contributed by atoms with Crippen molar-refractivity contribution in [2.24, 2.45) is 0 Å². The van der Waals surface area contributed by atoms with Crippen LogP contribution in [0.3, 0.4) is 0 Å². The Morgan fingerprint density at radius 3 is 2.58 bits per heavy atom. The molecule has 3 aromatic rings. The van der Waals surface area contributed by atoms with Gasteiger partial charge in [-0.15, -0.1) is 11.8 Å². The molecule has 188 valence electrons. The summed E-state index contributed by atoms with van der Waals surface area (Å²) in [5.41, 5.74) is 1.17. The summed E-state index contributed by atoms with van der Waals surface area (Å²) in [6.07, 6.45) is -3.35. The van der Waals surface area contributed by atoms with Gasteiger partial charge in [0.15, 0.2) is 11.4 Å².